The van der Waals surface area contributed by atoms with Crippen LogP contribution in [0.5, 0.6) is 0 Å². The number of carbonyl (C=O) groups is 1. The third-order valence-electron chi connectivity index (χ3n) is 2.59. The lowest BCUT2D eigenvalue weighted by molar-refractivity contribution is -0.144. The van der Waals surface area contributed by atoms with Crippen LogP contribution >= 0.6 is 0 Å². The highest BCUT2D eigenvalue weighted by Gasteiger charge is 2.56. The van der Waals surface area contributed by atoms with Gasteiger partial charge in [-0.2, -0.15) is 0 Å². The van der Waals surface area contributed by atoms with Crippen LogP contribution in [-0.4, -0.2) is 33.1 Å². The van der Waals surface area contributed by atoms with Gasteiger partial charge in [0.1, 0.15) is 6.79 Å². The standard InChI is InChI=1S/C8H12O4/c1-10-8(9)7-5-2-11-4-12-3-6(5)7/h5-7H,2-4H2,1H3/t5-,6+,7?. The van der Waals surface area contributed by atoms with Gasteiger partial charge < -0.3 is 14.2 Å². The molecular weight excluding hydrogens is 160 g/mol. The molecule has 2 rings (SSSR count). The van der Waals surface area contributed by atoms with Gasteiger partial charge in [-0.25, -0.2) is 0 Å². The van der Waals surface area contributed by atoms with Crippen molar-refractivity contribution in [2.24, 2.45) is 17.8 Å². The molecule has 0 bridgehead atoms. The van der Waals surface area contributed by atoms with Crippen molar-refractivity contribution in [3.63, 3.8) is 0 Å². The Balaban J connectivity index is 1.93. The average Bonchev–Trinajstić information content (AvgIpc) is 2.76. The number of hydrogen-bond acceptors (Lipinski definition) is 4. The van der Waals surface area contributed by atoms with E-state index in [0.717, 1.165) is 0 Å². The van der Waals surface area contributed by atoms with Crippen molar-refractivity contribution < 1.29 is 19.0 Å². The maximum absolute atomic E-state index is 11.1. The largest absolute Gasteiger partial charge is 0.469 e. The van der Waals surface area contributed by atoms with Gasteiger partial charge in [-0.3, -0.25) is 4.79 Å². The number of ether oxygens (including phenoxy) is 3. The van der Waals surface area contributed by atoms with Gasteiger partial charge >= 0.3 is 5.97 Å². The number of carbonyl (C=O) groups excluding carboxylic acids is 1. The minimum Gasteiger partial charge on any atom is -0.469 e. The number of rotatable bonds is 1. The summed E-state index contributed by atoms with van der Waals surface area (Å²) < 4.78 is 14.9. The monoisotopic (exact) mass is 172 g/mol. The molecule has 2 fully saturated rings. The predicted octanol–water partition coefficient (Wildman–Crippen LogP) is 0.0259. The van der Waals surface area contributed by atoms with Gasteiger partial charge in [0.05, 0.1) is 26.2 Å². The molecule has 1 saturated heterocycles. The number of esters is 1. The van der Waals surface area contributed by atoms with E-state index >= 15 is 0 Å². The van der Waals surface area contributed by atoms with E-state index in [9.17, 15) is 4.79 Å². The first-order valence-corrected chi connectivity index (χ1v) is 4.08. The predicted molar refractivity (Wildman–Crippen MR) is 39.3 cm³/mol. The fraction of sp³-hybridized carbons (Fsp3) is 0.875. The number of fused-ring (bicyclic) bond motifs is 1. The van der Waals surface area contributed by atoms with Crippen LogP contribution in [0.3, 0.4) is 0 Å². The third-order valence-corrected chi connectivity index (χ3v) is 2.59. The van der Waals surface area contributed by atoms with Crippen LogP contribution in [0.15, 0.2) is 0 Å². The first kappa shape index (κ1) is 8.01. The molecule has 0 aromatic heterocycles. The molecule has 0 spiro atoms. The Morgan fingerprint density at radius 1 is 1.33 bits per heavy atom. The Morgan fingerprint density at radius 2 is 1.92 bits per heavy atom. The molecule has 1 aliphatic carbocycles. The van der Waals surface area contributed by atoms with Gasteiger partial charge in [0.15, 0.2) is 0 Å². The fourth-order valence-corrected chi connectivity index (χ4v) is 1.81. The third kappa shape index (κ3) is 1.21. The topological polar surface area (TPSA) is 44.8 Å². The smallest absolute Gasteiger partial charge is 0.309 e. The average molecular weight is 172 g/mol. The van der Waals surface area contributed by atoms with Crippen LogP contribution in [0.2, 0.25) is 0 Å². The van der Waals surface area contributed by atoms with Crippen molar-refractivity contribution >= 4 is 5.97 Å². The molecule has 12 heavy (non-hydrogen) atoms. The Morgan fingerprint density at radius 3 is 2.42 bits per heavy atom. The summed E-state index contributed by atoms with van der Waals surface area (Å²) in [5, 5.41) is 0. The summed E-state index contributed by atoms with van der Waals surface area (Å²) in [6, 6.07) is 0. The second-order valence-electron chi connectivity index (χ2n) is 3.24. The van der Waals surface area contributed by atoms with E-state index in [-0.39, 0.29) is 11.9 Å². The minimum atomic E-state index is -0.126. The van der Waals surface area contributed by atoms with Gasteiger partial charge in [-0.05, 0) is 0 Å². The van der Waals surface area contributed by atoms with E-state index < -0.39 is 0 Å². The Hall–Kier alpha value is -0.610. The number of hydrogen-bond donors (Lipinski definition) is 0. The molecule has 0 amide bonds. The summed E-state index contributed by atoms with van der Waals surface area (Å²) in [4.78, 5) is 11.1. The molecule has 1 heterocycles. The lowest BCUT2D eigenvalue weighted by atomic mass is 10.3. The van der Waals surface area contributed by atoms with E-state index in [1.165, 1.54) is 7.11 Å². The zero-order valence-electron chi connectivity index (χ0n) is 6.99. The van der Waals surface area contributed by atoms with Gasteiger partial charge in [-0.15, -0.1) is 0 Å². The summed E-state index contributed by atoms with van der Waals surface area (Å²) in [5.74, 6) is 0.564. The summed E-state index contributed by atoms with van der Waals surface area (Å²) in [6.07, 6.45) is 0. The van der Waals surface area contributed by atoms with Crippen LogP contribution in [0.1, 0.15) is 0 Å². The van der Waals surface area contributed by atoms with Crippen molar-refractivity contribution in [1.82, 2.24) is 0 Å². The van der Waals surface area contributed by atoms with E-state index in [1.807, 2.05) is 0 Å². The Kier molecular flexibility index (Phi) is 2.02. The zero-order valence-corrected chi connectivity index (χ0v) is 6.99. The molecule has 0 aromatic rings. The Bertz CT molecular complexity index is 179. The van der Waals surface area contributed by atoms with Crippen molar-refractivity contribution in [2.75, 3.05) is 27.1 Å². The van der Waals surface area contributed by atoms with Crippen LogP contribution in [0.25, 0.3) is 0 Å². The van der Waals surface area contributed by atoms with Crippen LogP contribution in [0.4, 0.5) is 0 Å². The SMILES string of the molecule is COC(=O)C1[C@H]2COCOC[C@@H]12. The summed E-state index contributed by atoms with van der Waals surface area (Å²) in [5.41, 5.74) is 0. The minimum absolute atomic E-state index is 0.0234. The highest BCUT2D eigenvalue weighted by molar-refractivity contribution is 5.76. The molecule has 2 aliphatic rings. The lowest BCUT2D eigenvalue weighted by Crippen LogP contribution is -2.11. The molecular formula is C8H12O4. The van der Waals surface area contributed by atoms with Crippen molar-refractivity contribution in [3.8, 4) is 0 Å². The lowest BCUT2D eigenvalue weighted by Gasteiger charge is -2.02. The van der Waals surface area contributed by atoms with Gasteiger partial charge in [0.2, 0.25) is 0 Å². The fourth-order valence-electron chi connectivity index (χ4n) is 1.81. The second-order valence-corrected chi connectivity index (χ2v) is 3.24. The Labute approximate surface area is 70.8 Å². The molecule has 0 radical (unpaired) electrons. The van der Waals surface area contributed by atoms with Crippen LogP contribution < -0.4 is 0 Å². The van der Waals surface area contributed by atoms with Gasteiger partial charge in [0.25, 0.3) is 0 Å². The van der Waals surface area contributed by atoms with Crippen LogP contribution in [-0.2, 0) is 19.0 Å². The first-order chi connectivity index (χ1) is 5.84. The van der Waals surface area contributed by atoms with Crippen molar-refractivity contribution in [1.29, 1.82) is 0 Å². The second kappa shape index (κ2) is 3.03. The maximum Gasteiger partial charge on any atom is 0.309 e. The van der Waals surface area contributed by atoms with Crippen molar-refractivity contribution in [2.45, 2.75) is 0 Å². The van der Waals surface area contributed by atoms with E-state index in [4.69, 9.17) is 9.47 Å². The van der Waals surface area contributed by atoms with Gasteiger partial charge in [-0.1, -0.05) is 0 Å². The zero-order chi connectivity index (χ0) is 8.55. The number of methoxy groups -OCH3 is 1. The molecule has 0 N–H and O–H groups in total. The van der Waals surface area contributed by atoms with Crippen molar-refractivity contribution in [3.05, 3.63) is 0 Å². The normalized spacial score (nSPS) is 39.6. The molecule has 0 aromatic carbocycles. The molecule has 1 aliphatic heterocycles. The molecule has 4 heteroatoms. The molecule has 68 valence electrons. The summed E-state index contributed by atoms with van der Waals surface area (Å²) in [7, 11) is 1.42. The quantitative estimate of drug-likeness (QED) is 0.523. The molecule has 4 nitrogen and oxygen atoms in total. The highest BCUT2D eigenvalue weighted by Crippen LogP contribution is 2.48. The summed E-state index contributed by atoms with van der Waals surface area (Å²) in [6.45, 7) is 1.62. The van der Waals surface area contributed by atoms with E-state index in [0.29, 0.717) is 31.8 Å². The first-order valence-electron chi connectivity index (χ1n) is 4.08. The summed E-state index contributed by atoms with van der Waals surface area (Å²) >= 11 is 0. The molecule has 1 unspecified atom stereocenters. The van der Waals surface area contributed by atoms with E-state index in [2.05, 4.69) is 4.74 Å². The molecule has 3 atom stereocenters. The van der Waals surface area contributed by atoms with Gasteiger partial charge in [0, 0.05) is 11.8 Å². The van der Waals surface area contributed by atoms with Crippen LogP contribution in [0, 0.1) is 17.8 Å². The molecule has 1 saturated carbocycles. The highest BCUT2D eigenvalue weighted by atomic mass is 16.7. The van der Waals surface area contributed by atoms with E-state index in [1.54, 1.807) is 0 Å². The maximum atomic E-state index is 11.1.